The van der Waals surface area contributed by atoms with Crippen LogP contribution in [0.5, 0.6) is 0 Å². The third-order valence-corrected chi connectivity index (χ3v) is 6.43. The lowest BCUT2D eigenvalue weighted by Crippen LogP contribution is -2.52. The highest BCUT2D eigenvalue weighted by molar-refractivity contribution is 8.03. The summed E-state index contributed by atoms with van der Waals surface area (Å²) in [7, 11) is 0. The van der Waals surface area contributed by atoms with Gasteiger partial charge in [0.05, 0.1) is 16.8 Å². The molecular weight excluding hydrogens is 427 g/mol. The Bertz CT molecular complexity index is 854. The van der Waals surface area contributed by atoms with Crippen LogP contribution in [0.1, 0.15) is 65.5 Å². The smallest absolute Gasteiger partial charge is 0.389 e. The van der Waals surface area contributed by atoms with Crippen LogP contribution in [0.3, 0.4) is 0 Å². The zero-order chi connectivity index (χ0) is 23.4. The van der Waals surface area contributed by atoms with Crippen LogP contribution in [0, 0.1) is 6.92 Å². The number of rotatable bonds is 9. The molecule has 0 unspecified atom stereocenters. The number of halogens is 3. The van der Waals surface area contributed by atoms with Crippen LogP contribution < -0.4 is 10.6 Å². The maximum Gasteiger partial charge on any atom is 0.389 e. The van der Waals surface area contributed by atoms with E-state index >= 15 is 0 Å². The predicted octanol–water partition coefficient (Wildman–Crippen LogP) is 5.38. The standard InChI is InChI=1S/C22H32F3N3O2S/c1-7-15-13-31-18(11-16(15)20(3,4)17-12-26-14(2)30-17)28-19(29)21(5,6)27-10-8-9-22(23,24)25/h11-12,27H,7-10,13H2,1-6H3,(H,28,29). The molecule has 0 atom stereocenters. The highest BCUT2D eigenvalue weighted by atomic mass is 32.2. The molecule has 31 heavy (non-hydrogen) atoms. The van der Waals surface area contributed by atoms with Crippen LogP contribution in [-0.2, 0) is 10.2 Å². The van der Waals surface area contributed by atoms with Gasteiger partial charge in [0.2, 0.25) is 5.91 Å². The molecule has 5 nitrogen and oxygen atoms in total. The first-order chi connectivity index (χ1) is 14.3. The van der Waals surface area contributed by atoms with E-state index in [9.17, 15) is 18.0 Å². The fraction of sp³-hybridized carbons (Fsp3) is 0.636. The van der Waals surface area contributed by atoms with E-state index in [2.05, 4.69) is 36.4 Å². The molecule has 174 valence electrons. The number of nitrogens with one attached hydrogen (secondary N) is 2. The number of alkyl halides is 3. The number of carbonyl (C=O) groups excluding carboxylic acids is 1. The third kappa shape index (κ3) is 6.87. The maximum absolute atomic E-state index is 12.8. The van der Waals surface area contributed by atoms with E-state index < -0.39 is 23.6 Å². The fourth-order valence-corrected chi connectivity index (χ4v) is 4.38. The number of aryl methyl sites for hydroxylation is 1. The molecule has 2 rings (SSSR count). The maximum atomic E-state index is 12.8. The van der Waals surface area contributed by atoms with Crippen LogP contribution in [0.25, 0.3) is 0 Å². The molecule has 0 saturated carbocycles. The summed E-state index contributed by atoms with van der Waals surface area (Å²) in [5.41, 5.74) is 0.928. The molecule has 0 saturated heterocycles. The van der Waals surface area contributed by atoms with E-state index in [1.54, 1.807) is 38.7 Å². The molecule has 9 heteroatoms. The van der Waals surface area contributed by atoms with Crippen LogP contribution in [0.15, 0.2) is 32.9 Å². The molecule has 2 heterocycles. The second kappa shape index (κ2) is 9.81. The van der Waals surface area contributed by atoms with Crippen LogP contribution >= 0.6 is 11.8 Å². The van der Waals surface area contributed by atoms with E-state index in [-0.39, 0.29) is 18.9 Å². The van der Waals surface area contributed by atoms with Gasteiger partial charge in [0.25, 0.3) is 0 Å². The Hall–Kier alpha value is -1.74. The fourth-order valence-electron chi connectivity index (χ4n) is 3.33. The monoisotopic (exact) mass is 459 g/mol. The first-order valence-corrected chi connectivity index (χ1v) is 11.4. The number of thioether (sulfide) groups is 1. The molecule has 0 aromatic carbocycles. The molecule has 1 aromatic rings. The molecule has 0 aliphatic carbocycles. The molecule has 1 amide bonds. The molecule has 0 bridgehead atoms. The SMILES string of the molecule is CCC1=C(C(C)(C)c2cnc(C)o2)C=C(NC(=O)C(C)(C)NCCCC(F)(F)F)SC1. The second-order valence-corrected chi connectivity index (χ2v) is 9.78. The Labute approximate surface area is 186 Å². The van der Waals surface area contributed by atoms with Gasteiger partial charge in [-0.2, -0.15) is 13.2 Å². The average Bonchev–Trinajstić information content (AvgIpc) is 3.11. The predicted molar refractivity (Wildman–Crippen MR) is 118 cm³/mol. The third-order valence-electron chi connectivity index (χ3n) is 5.40. The van der Waals surface area contributed by atoms with Crippen molar-refractivity contribution >= 4 is 17.7 Å². The van der Waals surface area contributed by atoms with Crippen molar-refractivity contribution in [1.82, 2.24) is 15.6 Å². The topological polar surface area (TPSA) is 67.2 Å². The summed E-state index contributed by atoms with van der Waals surface area (Å²) in [4.78, 5) is 17.0. The van der Waals surface area contributed by atoms with E-state index in [4.69, 9.17) is 4.42 Å². The van der Waals surface area contributed by atoms with E-state index in [1.165, 1.54) is 5.57 Å². The number of amides is 1. The van der Waals surface area contributed by atoms with E-state index in [0.29, 0.717) is 10.9 Å². The Morgan fingerprint density at radius 3 is 2.48 bits per heavy atom. The average molecular weight is 460 g/mol. The summed E-state index contributed by atoms with van der Waals surface area (Å²) >= 11 is 1.54. The summed E-state index contributed by atoms with van der Waals surface area (Å²) < 4.78 is 42.8. The minimum Gasteiger partial charge on any atom is -0.445 e. The summed E-state index contributed by atoms with van der Waals surface area (Å²) in [6.07, 6.45) is -0.549. The van der Waals surface area contributed by atoms with E-state index in [0.717, 1.165) is 23.5 Å². The first-order valence-electron chi connectivity index (χ1n) is 10.4. The first kappa shape index (κ1) is 25.5. The van der Waals surface area contributed by atoms with Gasteiger partial charge >= 0.3 is 6.18 Å². The number of nitrogens with zero attached hydrogens (tertiary/aromatic N) is 1. The molecule has 0 radical (unpaired) electrons. The van der Waals surface area contributed by atoms with Crippen molar-refractivity contribution in [2.75, 3.05) is 12.3 Å². The van der Waals surface area contributed by atoms with Crippen molar-refractivity contribution in [3.63, 3.8) is 0 Å². The summed E-state index contributed by atoms with van der Waals surface area (Å²) in [5, 5.41) is 6.58. The Kier molecular flexibility index (Phi) is 8.08. The summed E-state index contributed by atoms with van der Waals surface area (Å²) in [6.45, 7) is 11.5. The number of carbonyl (C=O) groups is 1. The van der Waals surface area contributed by atoms with Crippen molar-refractivity contribution in [3.8, 4) is 0 Å². The number of hydrogen-bond acceptors (Lipinski definition) is 5. The van der Waals surface area contributed by atoms with E-state index in [1.807, 2.05) is 6.08 Å². The molecule has 0 fully saturated rings. The largest absolute Gasteiger partial charge is 0.445 e. The molecule has 1 aliphatic heterocycles. The van der Waals surface area contributed by atoms with Gasteiger partial charge in [-0.15, -0.1) is 11.8 Å². The zero-order valence-electron chi connectivity index (χ0n) is 19.0. The van der Waals surface area contributed by atoms with Crippen molar-refractivity contribution in [2.24, 2.45) is 0 Å². The Morgan fingerprint density at radius 2 is 1.94 bits per heavy atom. The lowest BCUT2D eigenvalue weighted by atomic mass is 9.79. The Morgan fingerprint density at radius 1 is 1.26 bits per heavy atom. The molecular formula is C22H32F3N3O2S. The molecule has 1 aromatic heterocycles. The lowest BCUT2D eigenvalue weighted by Gasteiger charge is -2.31. The van der Waals surface area contributed by atoms with Gasteiger partial charge in [0, 0.05) is 24.5 Å². The van der Waals surface area contributed by atoms with Gasteiger partial charge in [-0.05, 0) is 58.7 Å². The second-order valence-electron chi connectivity index (χ2n) is 8.76. The van der Waals surface area contributed by atoms with Gasteiger partial charge in [-0.1, -0.05) is 12.5 Å². The molecule has 2 N–H and O–H groups in total. The highest BCUT2D eigenvalue weighted by Crippen LogP contribution is 2.40. The van der Waals surface area contributed by atoms with Crippen molar-refractivity contribution in [3.05, 3.63) is 40.1 Å². The number of hydrogen-bond donors (Lipinski definition) is 2. The zero-order valence-corrected chi connectivity index (χ0v) is 19.8. The molecule has 1 aliphatic rings. The van der Waals surface area contributed by atoms with Gasteiger partial charge in [0.1, 0.15) is 5.76 Å². The van der Waals surface area contributed by atoms with Crippen molar-refractivity contribution in [1.29, 1.82) is 0 Å². The number of aromatic nitrogens is 1. The quantitative estimate of drug-likeness (QED) is 0.485. The normalized spacial score (nSPS) is 15.8. The minimum atomic E-state index is -4.19. The highest BCUT2D eigenvalue weighted by Gasteiger charge is 2.34. The van der Waals surface area contributed by atoms with Gasteiger partial charge in [0.15, 0.2) is 5.89 Å². The van der Waals surface area contributed by atoms with Gasteiger partial charge < -0.3 is 15.1 Å². The lowest BCUT2D eigenvalue weighted by molar-refractivity contribution is -0.135. The van der Waals surface area contributed by atoms with Gasteiger partial charge in [-0.25, -0.2) is 4.98 Å². The minimum absolute atomic E-state index is 0.0742. The Balaban J connectivity index is 2.12. The van der Waals surface area contributed by atoms with Gasteiger partial charge in [-0.3, -0.25) is 4.79 Å². The number of oxazole rings is 1. The van der Waals surface area contributed by atoms with Crippen LogP contribution in [-0.4, -0.2) is 34.9 Å². The van der Waals surface area contributed by atoms with Crippen LogP contribution in [0.4, 0.5) is 13.2 Å². The van der Waals surface area contributed by atoms with Crippen molar-refractivity contribution < 1.29 is 22.4 Å². The summed E-state index contributed by atoms with van der Waals surface area (Å²) in [5.74, 6) is 1.81. The van der Waals surface area contributed by atoms with Crippen LogP contribution in [0.2, 0.25) is 0 Å². The van der Waals surface area contributed by atoms with Crippen molar-refractivity contribution in [2.45, 2.75) is 77.9 Å². The number of allylic oxidation sites excluding steroid dienone is 2. The molecule has 0 spiro atoms. The summed E-state index contributed by atoms with van der Waals surface area (Å²) in [6, 6.07) is 0.